The minimum Gasteiger partial charge on any atom is -0.369 e. The number of aryl methyl sites for hydroxylation is 1. The Bertz CT molecular complexity index is 1310. The summed E-state index contributed by atoms with van der Waals surface area (Å²) < 4.78 is 0. The van der Waals surface area contributed by atoms with Gasteiger partial charge < -0.3 is 15.2 Å². The van der Waals surface area contributed by atoms with E-state index in [4.69, 9.17) is 0 Å². The van der Waals surface area contributed by atoms with Crippen LogP contribution in [0.5, 0.6) is 0 Å². The van der Waals surface area contributed by atoms with Crippen LogP contribution in [0.25, 0.3) is 11.6 Å². The molecule has 0 unspecified atom stereocenters. The Balaban J connectivity index is 1.50. The predicted molar refractivity (Wildman–Crippen MR) is 128 cm³/mol. The molecule has 4 rings (SSSR count). The van der Waals surface area contributed by atoms with Gasteiger partial charge in [0.15, 0.2) is 11.6 Å². The summed E-state index contributed by atoms with van der Waals surface area (Å²) in [7, 11) is 1.97. The fourth-order valence-corrected chi connectivity index (χ4v) is 3.56. The number of anilines is 2. The molecular formula is C25H24N6O2. The number of carbonyl (C=O) groups excluding carboxylic acids is 1. The van der Waals surface area contributed by atoms with Crippen molar-refractivity contribution in [2.24, 2.45) is 0 Å². The monoisotopic (exact) mass is 440 g/mol. The van der Waals surface area contributed by atoms with E-state index in [1.807, 2.05) is 49.5 Å². The SMILES string of the molecule is Cc1nc(-c2ncccn2)[nH]c(=O)c1CC(=O)Nc1ccccc1N(C)Cc1ccccc1. The van der Waals surface area contributed by atoms with Crippen LogP contribution in [-0.2, 0) is 17.8 Å². The molecule has 2 aromatic heterocycles. The van der Waals surface area contributed by atoms with Crippen molar-refractivity contribution in [3.05, 3.63) is 100 Å². The lowest BCUT2D eigenvalue weighted by atomic mass is 10.1. The lowest BCUT2D eigenvalue weighted by molar-refractivity contribution is -0.115. The smallest absolute Gasteiger partial charge is 0.255 e. The fourth-order valence-electron chi connectivity index (χ4n) is 3.56. The number of hydrogen-bond acceptors (Lipinski definition) is 6. The number of para-hydroxylation sites is 2. The summed E-state index contributed by atoms with van der Waals surface area (Å²) in [6.07, 6.45) is 3.05. The summed E-state index contributed by atoms with van der Waals surface area (Å²) in [6.45, 7) is 2.39. The molecule has 2 aromatic carbocycles. The number of hydrogen-bond donors (Lipinski definition) is 2. The first-order valence-electron chi connectivity index (χ1n) is 10.5. The number of aromatic nitrogens is 4. The Labute approximate surface area is 191 Å². The van der Waals surface area contributed by atoms with Gasteiger partial charge in [-0.05, 0) is 30.7 Å². The molecule has 8 heteroatoms. The maximum atomic E-state index is 12.8. The van der Waals surface area contributed by atoms with Crippen LogP contribution in [0.15, 0.2) is 77.9 Å². The van der Waals surface area contributed by atoms with Gasteiger partial charge in [-0.2, -0.15) is 0 Å². The van der Waals surface area contributed by atoms with Gasteiger partial charge in [-0.1, -0.05) is 42.5 Å². The van der Waals surface area contributed by atoms with Crippen molar-refractivity contribution in [2.45, 2.75) is 19.9 Å². The van der Waals surface area contributed by atoms with E-state index >= 15 is 0 Å². The summed E-state index contributed by atoms with van der Waals surface area (Å²) >= 11 is 0. The lowest BCUT2D eigenvalue weighted by Crippen LogP contribution is -2.25. The van der Waals surface area contributed by atoms with Gasteiger partial charge >= 0.3 is 0 Å². The third kappa shape index (κ3) is 5.30. The summed E-state index contributed by atoms with van der Waals surface area (Å²) in [5, 5.41) is 2.94. The van der Waals surface area contributed by atoms with Crippen LogP contribution in [0.3, 0.4) is 0 Å². The molecule has 0 saturated carbocycles. The zero-order valence-corrected chi connectivity index (χ0v) is 18.4. The molecule has 1 amide bonds. The predicted octanol–water partition coefficient (Wildman–Crippen LogP) is 3.35. The molecule has 0 aliphatic heterocycles. The highest BCUT2D eigenvalue weighted by Gasteiger charge is 2.16. The molecule has 0 fully saturated rings. The highest BCUT2D eigenvalue weighted by atomic mass is 16.2. The van der Waals surface area contributed by atoms with Crippen LogP contribution in [-0.4, -0.2) is 32.9 Å². The third-order valence-corrected chi connectivity index (χ3v) is 5.19. The highest BCUT2D eigenvalue weighted by molar-refractivity contribution is 5.95. The number of benzene rings is 2. The second-order valence-electron chi connectivity index (χ2n) is 7.63. The first-order valence-corrected chi connectivity index (χ1v) is 10.5. The zero-order valence-electron chi connectivity index (χ0n) is 18.4. The first-order chi connectivity index (χ1) is 16.0. The van der Waals surface area contributed by atoms with E-state index in [1.165, 1.54) is 0 Å². The van der Waals surface area contributed by atoms with Crippen LogP contribution < -0.4 is 15.8 Å². The average Bonchev–Trinajstić information content (AvgIpc) is 2.83. The van der Waals surface area contributed by atoms with E-state index in [1.54, 1.807) is 25.4 Å². The van der Waals surface area contributed by atoms with E-state index in [2.05, 4.69) is 42.3 Å². The Kier molecular flexibility index (Phi) is 6.54. The quantitative estimate of drug-likeness (QED) is 0.457. The van der Waals surface area contributed by atoms with E-state index < -0.39 is 0 Å². The average molecular weight is 441 g/mol. The second-order valence-corrected chi connectivity index (χ2v) is 7.63. The molecule has 8 nitrogen and oxygen atoms in total. The van der Waals surface area contributed by atoms with E-state index in [9.17, 15) is 9.59 Å². The second kappa shape index (κ2) is 9.86. The Morgan fingerprint density at radius 1 is 1.00 bits per heavy atom. The molecule has 2 heterocycles. The Morgan fingerprint density at radius 2 is 1.70 bits per heavy atom. The molecule has 2 N–H and O–H groups in total. The molecule has 0 spiro atoms. The van der Waals surface area contributed by atoms with Crippen LogP contribution in [0, 0.1) is 6.92 Å². The van der Waals surface area contributed by atoms with E-state index in [0.29, 0.717) is 29.3 Å². The number of carbonyl (C=O) groups is 1. The number of nitrogens with zero attached hydrogens (tertiary/aromatic N) is 4. The van der Waals surface area contributed by atoms with Gasteiger partial charge in [-0.3, -0.25) is 9.59 Å². The summed E-state index contributed by atoms with van der Waals surface area (Å²) in [4.78, 5) is 42.8. The molecule has 0 aliphatic rings. The van der Waals surface area contributed by atoms with Crippen molar-refractivity contribution < 1.29 is 4.79 Å². The number of amides is 1. The van der Waals surface area contributed by atoms with Gasteiger partial charge in [0.1, 0.15) is 0 Å². The zero-order chi connectivity index (χ0) is 23.2. The van der Waals surface area contributed by atoms with Crippen molar-refractivity contribution in [2.75, 3.05) is 17.3 Å². The molecule has 33 heavy (non-hydrogen) atoms. The van der Waals surface area contributed by atoms with Gasteiger partial charge in [-0.25, -0.2) is 15.0 Å². The van der Waals surface area contributed by atoms with Gasteiger partial charge in [-0.15, -0.1) is 0 Å². The molecule has 0 saturated heterocycles. The topological polar surface area (TPSA) is 104 Å². The molecular weight excluding hydrogens is 416 g/mol. The standard InChI is InChI=1S/C25H24N6O2/c1-17-19(25(33)30-24(28-17)23-26-13-8-14-27-23)15-22(32)29-20-11-6-7-12-21(20)31(2)16-18-9-4-3-5-10-18/h3-14H,15-16H2,1-2H3,(H,29,32)(H,28,30,33). The van der Waals surface area contributed by atoms with Crippen LogP contribution in [0.1, 0.15) is 16.8 Å². The molecule has 0 aliphatic carbocycles. The molecule has 4 aromatic rings. The van der Waals surface area contributed by atoms with Crippen molar-refractivity contribution in [3.8, 4) is 11.6 Å². The van der Waals surface area contributed by atoms with Crippen LogP contribution in [0.4, 0.5) is 11.4 Å². The summed E-state index contributed by atoms with van der Waals surface area (Å²) in [5.41, 5.74) is 3.12. The van der Waals surface area contributed by atoms with Gasteiger partial charge in [0, 0.05) is 37.2 Å². The highest BCUT2D eigenvalue weighted by Crippen LogP contribution is 2.26. The lowest BCUT2D eigenvalue weighted by Gasteiger charge is -2.23. The molecule has 0 atom stereocenters. The number of rotatable bonds is 7. The number of nitrogens with one attached hydrogen (secondary N) is 2. The maximum absolute atomic E-state index is 12.8. The number of aromatic amines is 1. The number of H-pyrrole nitrogens is 1. The van der Waals surface area contributed by atoms with Gasteiger partial charge in [0.25, 0.3) is 5.56 Å². The Morgan fingerprint density at radius 3 is 2.42 bits per heavy atom. The fraction of sp³-hybridized carbons (Fsp3) is 0.160. The van der Waals surface area contributed by atoms with Crippen LogP contribution in [0.2, 0.25) is 0 Å². The van der Waals surface area contributed by atoms with Crippen molar-refractivity contribution in [1.29, 1.82) is 0 Å². The van der Waals surface area contributed by atoms with Crippen molar-refractivity contribution >= 4 is 17.3 Å². The summed E-state index contributed by atoms with van der Waals surface area (Å²) in [6, 6.07) is 19.4. The van der Waals surface area contributed by atoms with Gasteiger partial charge in [0.2, 0.25) is 5.91 Å². The normalized spacial score (nSPS) is 10.6. The largest absolute Gasteiger partial charge is 0.369 e. The Hall–Kier alpha value is -4.33. The van der Waals surface area contributed by atoms with E-state index in [0.717, 1.165) is 11.3 Å². The van der Waals surface area contributed by atoms with Crippen molar-refractivity contribution in [3.63, 3.8) is 0 Å². The maximum Gasteiger partial charge on any atom is 0.255 e. The molecule has 0 radical (unpaired) electrons. The first kappa shape index (κ1) is 21.9. The van der Waals surface area contributed by atoms with E-state index in [-0.39, 0.29) is 23.7 Å². The van der Waals surface area contributed by atoms with Gasteiger partial charge in [0.05, 0.1) is 17.8 Å². The minimum absolute atomic E-state index is 0.0964. The summed E-state index contributed by atoms with van der Waals surface area (Å²) in [5.74, 6) is 0.300. The molecule has 166 valence electrons. The third-order valence-electron chi connectivity index (χ3n) is 5.19. The van der Waals surface area contributed by atoms with Crippen molar-refractivity contribution in [1.82, 2.24) is 19.9 Å². The molecule has 0 bridgehead atoms. The minimum atomic E-state index is -0.380. The van der Waals surface area contributed by atoms with Crippen LogP contribution >= 0.6 is 0 Å².